The molecule has 8 heteroatoms. The third-order valence-electron chi connectivity index (χ3n) is 6.06. The molecule has 1 N–H and O–H groups in total. The van der Waals surface area contributed by atoms with E-state index in [1.54, 1.807) is 19.5 Å². The second-order valence-electron chi connectivity index (χ2n) is 7.96. The van der Waals surface area contributed by atoms with E-state index in [0.717, 1.165) is 48.3 Å². The Balaban J connectivity index is 1.43. The molecular formula is C23H23N5O3. The molecule has 1 aromatic carbocycles. The molecule has 1 aliphatic rings. The number of hydrogen-bond acceptors (Lipinski definition) is 5. The monoisotopic (exact) mass is 417 g/mol. The van der Waals surface area contributed by atoms with Gasteiger partial charge in [-0.3, -0.25) is 9.25 Å². The molecule has 3 aromatic heterocycles. The fraction of sp³-hybridized carbons (Fsp3) is 0.304. The standard InChI is InChI=1S/C23H23N5O3/c1-31-21-12-19-17(13-28(26-19)18-6-4-15(14-29)5-7-18)11-20(21)25-23(30)27-10-8-16-3-2-9-24-22(16)27/h2-3,8-15,18H,4-7H2,1H3,(H,25,30)/t15-,18-. The molecule has 5 rings (SSSR count). The molecule has 3 heterocycles. The van der Waals surface area contributed by atoms with Crippen molar-refractivity contribution < 1.29 is 14.3 Å². The highest BCUT2D eigenvalue weighted by molar-refractivity contribution is 6.00. The van der Waals surface area contributed by atoms with E-state index in [1.807, 2.05) is 41.2 Å². The number of carbonyl (C=O) groups excluding carboxylic acids is 2. The number of pyridine rings is 1. The zero-order valence-electron chi connectivity index (χ0n) is 17.2. The van der Waals surface area contributed by atoms with Crippen LogP contribution in [-0.2, 0) is 4.79 Å². The van der Waals surface area contributed by atoms with Crippen molar-refractivity contribution in [3.05, 3.63) is 48.9 Å². The number of aromatic nitrogens is 4. The Morgan fingerprint density at radius 1 is 1.19 bits per heavy atom. The van der Waals surface area contributed by atoms with Crippen molar-refractivity contribution in [2.24, 2.45) is 5.92 Å². The maximum atomic E-state index is 12.9. The van der Waals surface area contributed by atoms with Gasteiger partial charge < -0.3 is 14.8 Å². The van der Waals surface area contributed by atoms with Crippen LogP contribution >= 0.6 is 0 Å². The molecule has 1 amide bonds. The highest BCUT2D eigenvalue weighted by Gasteiger charge is 2.23. The number of carbonyl (C=O) groups is 2. The summed E-state index contributed by atoms with van der Waals surface area (Å²) in [6, 6.07) is 9.29. The number of hydrogen-bond donors (Lipinski definition) is 1. The quantitative estimate of drug-likeness (QED) is 0.497. The van der Waals surface area contributed by atoms with Crippen molar-refractivity contribution in [1.82, 2.24) is 19.3 Å². The van der Waals surface area contributed by atoms with Crippen molar-refractivity contribution in [2.45, 2.75) is 31.7 Å². The van der Waals surface area contributed by atoms with Gasteiger partial charge >= 0.3 is 6.03 Å². The first-order valence-electron chi connectivity index (χ1n) is 10.4. The van der Waals surface area contributed by atoms with Crippen LogP contribution in [-0.4, -0.2) is 38.8 Å². The summed E-state index contributed by atoms with van der Waals surface area (Å²) in [6.07, 6.45) is 10.1. The predicted octanol–water partition coefficient (Wildman–Crippen LogP) is 4.41. The zero-order valence-corrected chi connectivity index (χ0v) is 17.2. The van der Waals surface area contributed by atoms with Crippen LogP contribution in [0.3, 0.4) is 0 Å². The minimum atomic E-state index is -0.314. The Hall–Kier alpha value is -3.68. The Labute approximate surface area is 178 Å². The SMILES string of the molecule is COc1cc2nn([C@H]3CC[C@H](C=O)CC3)cc2cc1NC(=O)n1ccc2cccnc21. The van der Waals surface area contributed by atoms with Crippen LogP contribution in [0.2, 0.25) is 0 Å². The topological polar surface area (TPSA) is 91.0 Å². The van der Waals surface area contributed by atoms with Crippen LogP contribution in [0.15, 0.2) is 48.9 Å². The molecule has 0 saturated heterocycles. The summed E-state index contributed by atoms with van der Waals surface area (Å²) in [5.41, 5.74) is 1.97. The van der Waals surface area contributed by atoms with E-state index in [9.17, 15) is 9.59 Å². The smallest absolute Gasteiger partial charge is 0.331 e. The molecule has 0 spiro atoms. The summed E-state index contributed by atoms with van der Waals surface area (Å²) in [5, 5.41) is 9.48. The number of nitrogens with zero attached hydrogens (tertiary/aromatic N) is 4. The van der Waals surface area contributed by atoms with E-state index in [0.29, 0.717) is 17.1 Å². The van der Waals surface area contributed by atoms with Crippen molar-refractivity contribution in [2.75, 3.05) is 12.4 Å². The summed E-state index contributed by atoms with van der Waals surface area (Å²) in [7, 11) is 1.57. The molecule has 158 valence electrons. The lowest BCUT2D eigenvalue weighted by molar-refractivity contribution is -0.112. The molecule has 0 atom stereocenters. The van der Waals surface area contributed by atoms with E-state index >= 15 is 0 Å². The second kappa shape index (κ2) is 7.86. The lowest BCUT2D eigenvalue weighted by Gasteiger charge is -2.25. The van der Waals surface area contributed by atoms with Crippen molar-refractivity contribution in [3.8, 4) is 5.75 Å². The fourth-order valence-corrected chi connectivity index (χ4v) is 4.33. The van der Waals surface area contributed by atoms with Crippen LogP contribution in [0, 0.1) is 5.92 Å². The molecule has 0 aliphatic heterocycles. The van der Waals surface area contributed by atoms with Crippen LogP contribution in [0.1, 0.15) is 31.7 Å². The van der Waals surface area contributed by atoms with Gasteiger partial charge in [-0.1, -0.05) is 0 Å². The molecule has 1 aliphatic carbocycles. The number of aldehydes is 1. The van der Waals surface area contributed by atoms with Crippen LogP contribution in [0.25, 0.3) is 21.9 Å². The number of ether oxygens (including phenoxy) is 1. The second-order valence-corrected chi connectivity index (χ2v) is 7.96. The fourth-order valence-electron chi connectivity index (χ4n) is 4.33. The van der Waals surface area contributed by atoms with Gasteiger partial charge in [-0.2, -0.15) is 5.10 Å². The number of rotatable bonds is 4. The van der Waals surface area contributed by atoms with E-state index in [2.05, 4.69) is 10.3 Å². The molecule has 8 nitrogen and oxygen atoms in total. The van der Waals surface area contributed by atoms with Gasteiger partial charge in [0.15, 0.2) is 0 Å². The van der Waals surface area contributed by atoms with Gasteiger partial charge in [0, 0.05) is 41.3 Å². The van der Waals surface area contributed by atoms with Gasteiger partial charge in [0.25, 0.3) is 0 Å². The maximum Gasteiger partial charge on any atom is 0.331 e. The zero-order chi connectivity index (χ0) is 21.4. The first-order valence-corrected chi connectivity index (χ1v) is 10.4. The molecule has 4 aromatic rings. The molecule has 0 unspecified atom stereocenters. The lowest BCUT2D eigenvalue weighted by Crippen LogP contribution is -2.19. The van der Waals surface area contributed by atoms with Crippen LogP contribution < -0.4 is 10.1 Å². The molecule has 31 heavy (non-hydrogen) atoms. The Bertz CT molecular complexity index is 1270. The van der Waals surface area contributed by atoms with Gasteiger partial charge in [0.05, 0.1) is 24.4 Å². The highest BCUT2D eigenvalue weighted by Crippen LogP contribution is 2.34. The Morgan fingerprint density at radius 2 is 2.03 bits per heavy atom. The van der Waals surface area contributed by atoms with Gasteiger partial charge in [0.1, 0.15) is 17.7 Å². The minimum Gasteiger partial charge on any atom is -0.494 e. The molecule has 1 fully saturated rings. The number of amides is 1. The maximum absolute atomic E-state index is 12.9. The first kappa shape index (κ1) is 19.3. The van der Waals surface area contributed by atoms with Crippen LogP contribution in [0.4, 0.5) is 10.5 Å². The van der Waals surface area contributed by atoms with Gasteiger partial charge in [0.2, 0.25) is 0 Å². The lowest BCUT2D eigenvalue weighted by atomic mass is 9.87. The van der Waals surface area contributed by atoms with Gasteiger partial charge in [-0.05, 0) is 49.9 Å². The van der Waals surface area contributed by atoms with E-state index < -0.39 is 0 Å². The molecule has 1 saturated carbocycles. The third kappa shape index (κ3) is 3.54. The van der Waals surface area contributed by atoms with Gasteiger partial charge in [-0.25, -0.2) is 9.78 Å². The average Bonchev–Trinajstić information content (AvgIpc) is 3.42. The third-order valence-corrected chi connectivity index (χ3v) is 6.06. The van der Waals surface area contributed by atoms with E-state index in [1.165, 1.54) is 4.57 Å². The van der Waals surface area contributed by atoms with Crippen molar-refractivity contribution >= 4 is 39.9 Å². The largest absolute Gasteiger partial charge is 0.494 e. The molecular weight excluding hydrogens is 394 g/mol. The minimum absolute atomic E-state index is 0.169. The average molecular weight is 417 g/mol. The van der Waals surface area contributed by atoms with Crippen molar-refractivity contribution in [1.29, 1.82) is 0 Å². The Morgan fingerprint density at radius 3 is 2.81 bits per heavy atom. The number of benzene rings is 1. The summed E-state index contributed by atoms with van der Waals surface area (Å²) in [4.78, 5) is 28.2. The number of nitrogens with one attached hydrogen (secondary N) is 1. The van der Waals surface area contributed by atoms with Crippen LogP contribution in [0.5, 0.6) is 5.75 Å². The number of fused-ring (bicyclic) bond motifs is 2. The van der Waals surface area contributed by atoms with Gasteiger partial charge in [-0.15, -0.1) is 0 Å². The molecule has 0 bridgehead atoms. The highest BCUT2D eigenvalue weighted by atomic mass is 16.5. The summed E-state index contributed by atoms with van der Waals surface area (Å²) in [6.45, 7) is 0. The van der Waals surface area contributed by atoms with E-state index in [4.69, 9.17) is 9.84 Å². The first-order chi connectivity index (χ1) is 15.2. The van der Waals surface area contributed by atoms with Crippen molar-refractivity contribution in [3.63, 3.8) is 0 Å². The summed E-state index contributed by atoms with van der Waals surface area (Å²) in [5.74, 6) is 0.711. The summed E-state index contributed by atoms with van der Waals surface area (Å²) >= 11 is 0. The normalized spacial score (nSPS) is 18.9. The number of methoxy groups -OCH3 is 1. The summed E-state index contributed by atoms with van der Waals surface area (Å²) < 4.78 is 8.98. The predicted molar refractivity (Wildman–Crippen MR) is 117 cm³/mol. The molecule has 0 radical (unpaired) electrons. The van der Waals surface area contributed by atoms with E-state index in [-0.39, 0.29) is 18.0 Å². The number of anilines is 1. The Kier molecular flexibility index (Phi) is 4.89.